The van der Waals surface area contributed by atoms with Crippen molar-refractivity contribution in [1.82, 2.24) is 5.32 Å². The van der Waals surface area contributed by atoms with Crippen LogP contribution in [0.15, 0.2) is 0 Å². The van der Waals surface area contributed by atoms with E-state index >= 15 is 0 Å². The van der Waals surface area contributed by atoms with Crippen molar-refractivity contribution in [1.29, 1.82) is 0 Å². The van der Waals surface area contributed by atoms with Crippen LogP contribution in [0.1, 0.15) is 187 Å². The van der Waals surface area contributed by atoms with Gasteiger partial charge in [-0.25, -0.2) is 0 Å². The molecule has 1 aliphatic heterocycles. The molecule has 1 rings (SSSR count). The molecular weight excluding hydrogens is 638 g/mol. The fraction of sp³-hybridized carbons (Fsp3) is 0.975. The molecule has 7 N–H and O–H groups in total. The molecule has 0 radical (unpaired) electrons. The number of unbranched alkanes of at least 4 members (excludes halogenated alkanes) is 23. The third-order valence-electron chi connectivity index (χ3n) is 10.3. The number of hydrogen-bond donors (Lipinski definition) is 7. The molecular formula is C40H79NO9. The summed E-state index contributed by atoms with van der Waals surface area (Å²) in [6.07, 6.45) is 21.2. The summed E-state index contributed by atoms with van der Waals surface area (Å²) in [6, 6.07) is -0.982. The summed E-state index contributed by atoms with van der Waals surface area (Å²) in [6.45, 7) is 3.57. The second-order valence-corrected chi connectivity index (χ2v) is 14.9. The average Bonchev–Trinajstić information content (AvgIpc) is 3.11. The summed E-state index contributed by atoms with van der Waals surface area (Å²) in [4.78, 5) is 12.9. The molecule has 1 amide bonds. The van der Waals surface area contributed by atoms with Gasteiger partial charge in [0, 0.05) is 6.42 Å². The largest absolute Gasteiger partial charge is 0.394 e. The molecule has 50 heavy (non-hydrogen) atoms. The maximum atomic E-state index is 12.9. The van der Waals surface area contributed by atoms with Crippen LogP contribution in [0.5, 0.6) is 0 Å². The fourth-order valence-corrected chi connectivity index (χ4v) is 6.84. The number of rotatable bonds is 34. The zero-order chi connectivity index (χ0) is 36.8. The van der Waals surface area contributed by atoms with Gasteiger partial charge in [0.05, 0.1) is 25.4 Å². The van der Waals surface area contributed by atoms with Crippen LogP contribution in [-0.2, 0) is 14.3 Å². The molecule has 0 aliphatic carbocycles. The highest BCUT2D eigenvalue weighted by atomic mass is 16.7. The maximum Gasteiger partial charge on any atom is 0.220 e. The van der Waals surface area contributed by atoms with Crippen molar-refractivity contribution in [3.05, 3.63) is 0 Å². The third-order valence-corrected chi connectivity index (χ3v) is 10.3. The van der Waals surface area contributed by atoms with Crippen LogP contribution < -0.4 is 5.32 Å². The van der Waals surface area contributed by atoms with Crippen molar-refractivity contribution in [2.45, 2.75) is 236 Å². The molecule has 0 bridgehead atoms. The first-order valence-electron chi connectivity index (χ1n) is 20.8. The predicted octanol–water partition coefficient (Wildman–Crippen LogP) is 6.58. The molecule has 2 unspecified atom stereocenters. The minimum atomic E-state index is -1.60. The van der Waals surface area contributed by atoms with E-state index in [0.717, 1.165) is 44.9 Å². The quantitative estimate of drug-likeness (QED) is 0.0364. The molecule has 1 saturated heterocycles. The van der Waals surface area contributed by atoms with Crippen LogP contribution in [0.4, 0.5) is 0 Å². The van der Waals surface area contributed by atoms with E-state index in [2.05, 4.69) is 19.2 Å². The van der Waals surface area contributed by atoms with Crippen molar-refractivity contribution in [2.24, 2.45) is 0 Å². The van der Waals surface area contributed by atoms with E-state index in [1.165, 1.54) is 116 Å². The SMILES string of the molecule is CCCCCCCCCCCCCCCCCC[C@@H](O)[C@@H](O)[C@H](CO[C@@H]1O[C@H](CO)[C@H](O)C(O)C1O)NC(=O)CCCCCCCCCCC. The highest BCUT2D eigenvalue weighted by Gasteiger charge is 2.44. The van der Waals surface area contributed by atoms with Crippen LogP contribution in [-0.4, -0.2) is 98.7 Å². The molecule has 8 atom stereocenters. The van der Waals surface area contributed by atoms with E-state index in [0.29, 0.717) is 6.42 Å². The van der Waals surface area contributed by atoms with Gasteiger partial charge in [-0.2, -0.15) is 0 Å². The van der Waals surface area contributed by atoms with Crippen molar-refractivity contribution in [2.75, 3.05) is 13.2 Å². The summed E-state index contributed by atoms with van der Waals surface area (Å²) in [5.74, 6) is -0.260. The molecule has 1 heterocycles. The Morgan fingerprint density at radius 2 is 1.04 bits per heavy atom. The van der Waals surface area contributed by atoms with Crippen LogP contribution in [0, 0.1) is 0 Å². The Bertz CT molecular complexity index is 773. The monoisotopic (exact) mass is 718 g/mol. The van der Waals surface area contributed by atoms with E-state index in [9.17, 15) is 35.4 Å². The lowest BCUT2D eigenvalue weighted by molar-refractivity contribution is -0.303. The number of carbonyl (C=O) groups is 1. The first kappa shape index (κ1) is 47.2. The standard InChI is InChI=1S/C40H79NO9/c1-3-5-7-9-11-13-14-15-16-17-18-19-21-22-24-26-28-33(43)36(45)32(31-49-40-39(48)38(47)37(46)34(30-42)50-40)41-35(44)29-27-25-23-20-12-10-8-6-4-2/h32-34,36-40,42-43,45-48H,3-31H2,1-2H3,(H,41,44)/t32-,33+,34+,36-,37-,38?,39?,40+/m0/s1. The minimum absolute atomic E-state index is 0.260. The number of hydrogen-bond acceptors (Lipinski definition) is 9. The van der Waals surface area contributed by atoms with Gasteiger partial charge in [0.2, 0.25) is 5.91 Å². The third kappa shape index (κ3) is 22.3. The lowest BCUT2D eigenvalue weighted by atomic mass is 9.98. The second kappa shape index (κ2) is 31.7. The first-order valence-corrected chi connectivity index (χ1v) is 20.8. The van der Waals surface area contributed by atoms with Gasteiger partial charge in [-0.05, 0) is 12.8 Å². The molecule has 0 aromatic carbocycles. The molecule has 0 aromatic rings. The summed E-state index contributed by atoms with van der Waals surface area (Å²) in [7, 11) is 0. The van der Waals surface area contributed by atoms with Crippen molar-refractivity contribution in [3.63, 3.8) is 0 Å². The van der Waals surface area contributed by atoms with Crippen LogP contribution in [0.25, 0.3) is 0 Å². The number of ether oxygens (including phenoxy) is 2. The predicted molar refractivity (Wildman–Crippen MR) is 200 cm³/mol. The second-order valence-electron chi connectivity index (χ2n) is 14.9. The Kier molecular flexibility index (Phi) is 29.9. The van der Waals surface area contributed by atoms with E-state index in [1.807, 2.05) is 0 Å². The number of carbonyl (C=O) groups excluding carboxylic acids is 1. The Morgan fingerprint density at radius 3 is 1.48 bits per heavy atom. The molecule has 10 heteroatoms. The summed E-state index contributed by atoms with van der Waals surface area (Å²) >= 11 is 0. The van der Waals surface area contributed by atoms with Crippen molar-refractivity contribution in [3.8, 4) is 0 Å². The summed E-state index contributed by atoms with van der Waals surface area (Å²) in [5, 5.41) is 64.8. The lowest BCUT2D eigenvalue weighted by Gasteiger charge is -2.40. The molecule has 0 spiro atoms. The highest BCUT2D eigenvalue weighted by molar-refractivity contribution is 5.76. The number of aliphatic hydroxyl groups is 6. The molecule has 1 fully saturated rings. The number of amides is 1. The lowest BCUT2D eigenvalue weighted by Crippen LogP contribution is -2.60. The fourth-order valence-electron chi connectivity index (χ4n) is 6.84. The molecule has 298 valence electrons. The van der Waals surface area contributed by atoms with E-state index < -0.39 is 55.6 Å². The van der Waals surface area contributed by atoms with Gasteiger partial charge in [-0.3, -0.25) is 4.79 Å². The molecule has 0 aromatic heterocycles. The van der Waals surface area contributed by atoms with Gasteiger partial charge in [0.25, 0.3) is 0 Å². The summed E-state index contributed by atoms with van der Waals surface area (Å²) < 4.78 is 11.1. The van der Waals surface area contributed by atoms with Gasteiger partial charge in [-0.1, -0.05) is 168 Å². The summed E-state index contributed by atoms with van der Waals surface area (Å²) in [5.41, 5.74) is 0. The first-order chi connectivity index (χ1) is 24.3. The van der Waals surface area contributed by atoms with Crippen LogP contribution in [0.3, 0.4) is 0 Å². The maximum absolute atomic E-state index is 12.9. The Hall–Kier alpha value is -0.850. The van der Waals surface area contributed by atoms with Gasteiger partial charge < -0.3 is 45.4 Å². The van der Waals surface area contributed by atoms with Crippen LogP contribution in [0.2, 0.25) is 0 Å². The normalized spacial score (nSPS) is 22.8. The van der Waals surface area contributed by atoms with E-state index in [-0.39, 0.29) is 18.9 Å². The average molecular weight is 718 g/mol. The van der Waals surface area contributed by atoms with Crippen LogP contribution >= 0.6 is 0 Å². The minimum Gasteiger partial charge on any atom is -0.394 e. The topological polar surface area (TPSA) is 169 Å². The Morgan fingerprint density at radius 1 is 0.620 bits per heavy atom. The molecule has 1 aliphatic rings. The number of nitrogens with one attached hydrogen (secondary N) is 1. The van der Waals surface area contributed by atoms with Gasteiger partial charge in [0.15, 0.2) is 6.29 Å². The zero-order valence-corrected chi connectivity index (χ0v) is 32.0. The van der Waals surface area contributed by atoms with E-state index in [4.69, 9.17) is 9.47 Å². The zero-order valence-electron chi connectivity index (χ0n) is 32.0. The van der Waals surface area contributed by atoms with E-state index in [1.54, 1.807) is 0 Å². The van der Waals surface area contributed by atoms with Gasteiger partial charge in [-0.15, -0.1) is 0 Å². The van der Waals surface area contributed by atoms with Crippen molar-refractivity contribution >= 4 is 5.91 Å². The molecule has 0 saturated carbocycles. The smallest absolute Gasteiger partial charge is 0.220 e. The van der Waals surface area contributed by atoms with Gasteiger partial charge >= 0.3 is 0 Å². The molecule has 10 nitrogen and oxygen atoms in total. The van der Waals surface area contributed by atoms with Crippen molar-refractivity contribution < 1.29 is 44.9 Å². The van der Waals surface area contributed by atoms with Gasteiger partial charge in [0.1, 0.15) is 30.5 Å². The Labute approximate surface area is 305 Å². The number of aliphatic hydroxyl groups excluding tert-OH is 6. The Balaban J connectivity index is 2.42. The highest BCUT2D eigenvalue weighted by Crippen LogP contribution is 2.23.